The summed E-state index contributed by atoms with van der Waals surface area (Å²) >= 11 is 0. The molecule has 0 unspecified atom stereocenters. The van der Waals surface area contributed by atoms with Crippen LogP contribution < -0.4 is 20.4 Å². The zero-order chi connectivity index (χ0) is 25.6. The van der Waals surface area contributed by atoms with Crippen LogP contribution in [-0.4, -0.2) is 51.0 Å². The molecular formula is C20H36O12Pu-4. The van der Waals surface area contributed by atoms with Crippen molar-refractivity contribution < 1.29 is 87.7 Å². The first-order valence-corrected chi connectivity index (χ1v) is 10.4. The summed E-state index contributed by atoms with van der Waals surface area (Å²) in [5, 5.41) is 38.2. The minimum absolute atomic E-state index is 0. The van der Waals surface area contributed by atoms with Gasteiger partial charge in [0.15, 0.2) is 0 Å². The summed E-state index contributed by atoms with van der Waals surface area (Å²) in [6.45, 7) is 8.88. The quantitative estimate of drug-likeness (QED) is 0.155. The third-order valence-electron chi connectivity index (χ3n) is 2.87. The van der Waals surface area contributed by atoms with Crippen LogP contribution in [0.1, 0.15) is 79.1 Å². The molecular weight excluding hydrogens is 676 g/mol. The van der Waals surface area contributed by atoms with Crippen molar-refractivity contribution in [2.24, 2.45) is 0 Å². The van der Waals surface area contributed by atoms with Crippen LogP contribution in [-0.2, 0) is 18.9 Å². The Morgan fingerprint density at radius 3 is 0.697 bits per heavy atom. The standard InChI is InChI=1S/4C5H10O3.Pu/c4*1-2-3-4-8-5(6)7;/h4*2-4H2,1H3,(H,6,7);/p-4. The number of ether oxygens (including phenoxy) is 4. The Kier molecular flexibility index (Phi) is 46.8. The molecule has 0 bridgehead atoms. The predicted molar refractivity (Wildman–Crippen MR) is 105 cm³/mol. The molecule has 0 aromatic rings. The molecule has 12 nitrogen and oxygen atoms in total. The number of carbonyl (C=O) groups excluding carboxylic acids is 4. The van der Waals surface area contributed by atoms with Crippen molar-refractivity contribution in [2.45, 2.75) is 79.1 Å². The van der Waals surface area contributed by atoms with Crippen LogP contribution in [0.5, 0.6) is 0 Å². The molecule has 13 heteroatoms. The van der Waals surface area contributed by atoms with E-state index in [4.69, 9.17) is 0 Å². The van der Waals surface area contributed by atoms with Gasteiger partial charge < -0.3 is 58.6 Å². The van der Waals surface area contributed by atoms with Crippen molar-refractivity contribution in [3.05, 3.63) is 0 Å². The van der Waals surface area contributed by atoms with E-state index in [0.717, 1.165) is 51.4 Å². The molecule has 0 atom stereocenters. The maximum absolute atomic E-state index is 9.54. The molecule has 0 aliphatic heterocycles. The number of hydrogen-bond acceptors (Lipinski definition) is 12. The normalized spacial score (nSPS) is 8.36. The van der Waals surface area contributed by atoms with Crippen LogP contribution in [0.15, 0.2) is 0 Å². The molecule has 0 saturated heterocycles. The van der Waals surface area contributed by atoms with Gasteiger partial charge in [0.25, 0.3) is 24.6 Å². The molecule has 0 amide bonds. The number of carboxylic acid groups (broad SMARTS) is 4. The van der Waals surface area contributed by atoms with E-state index in [1.165, 1.54) is 0 Å². The number of hydrogen-bond donors (Lipinski definition) is 0. The maximum Gasteiger partial charge on any atom is 0.251 e. The minimum Gasteiger partial charge on any atom is -0.550 e. The van der Waals surface area contributed by atoms with E-state index in [9.17, 15) is 39.6 Å². The Bertz CT molecular complexity index is 367. The Morgan fingerprint density at radius 2 is 0.606 bits per heavy atom. The fourth-order valence-electron chi connectivity index (χ4n) is 1.20. The number of rotatable bonds is 12. The maximum atomic E-state index is 9.54. The van der Waals surface area contributed by atoms with Gasteiger partial charge in [0.05, 0.1) is 0 Å². The molecule has 198 valence electrons. The van der Waals surface area contributed by atoms with Crippen LogP contribution in [0.25, 0.3) is 0 Å². The van der Waals surface area contributed by atoms with Gasteiger partial charge in [-0.05, 0) is 25.7 Å². The van der Waals surface area contributed by atoms with Crippen molar-refractivity contribution in [1.29, 1.82) is 0 Å². The monoisotopic (exact) mass is 706 g/mol. The summed E-state index contributed by atoms with van der Waals surface area (Å²) in [4.78, 5) is 38.2. The second kappa shape index (κ2) is 37.4. The molecule has 0 radical (unpaired) electrons. The van der Waals surface area contributed by atoms with Crippen molar-refractivity contribution in [2.75, 3.05) is 26.4 Å². The summed E-state index contributed by atoms with van der Waals surface area (Å²) in [5.41, 5.74) is 0. The molecule has 0 saturated carbocycles. The van der Waals surface area contributed by atoms with E-state index in [1.54, 1.807) is 0 Å². The van der Waals surface area contributed by atoms with Crippen molar-refractivity contribution in [3.8, 4) is 0 Å². The van der Waals surface area contributed by atoms with Gasteiger partial charge in [-0.2, -0.15) is 0 Å². The Hall–Kier alpha value is -1.93. The second-order valence-corrected chi connectivity index (χ2v) is 5.81. The molecule has 0 aromatic heterocycles. The van der Waals surface area contributed by atoms with Gasteiger partial charge in [-0.25, -0.2) is 0 Å². The topological polar surface area (TPSA) is 197 Å². The summed E-state index contributed by atoms with van der Waals surface area (Å²) in [6, 6.07) is 0. The smallest absolute Gasteiger partial charge is 0.251 e. The van der Waals surface area contributed by atoms with E-state index in [2.05, 4.69) is 18.9 Å². The number of unbranched alkanes of at least 4 members (excludes halogenated alkanes) is 4. The van der Waals surface area contributed by atoms with Crippen molar-refractivity contribution in [3.63, 3.8) is 0 Å². The second-order valence-electron chi connectivity index (χ2n) is 5.81. The zero-order valence-corrected chi connectivity index (χ0v) is 23.2. The zero-order valence-electron chi connectivity index (χ0n) is 19.8. The third-order valence-corrected chi connectivity index (χ3v) is 2.87. The SMILES string of the molecule is CCCCOC(=O)[O-].CCCCOC(=O)[O-].CCCCOC(=O)[O-].CCCCOC(=O)[O-].[Pu]. The Morgan fingerprint density at radius 1 is 0.455 bits per heavy atom. The molecule has 0 aliphatic carbocycles. The van der Waals surface area contributed by atoms with Gasteiger partial charge in [-0.1, -0.05) is 53.4 Å². The van der Waals surface area contributed by atoms with Gasteiger partial charge in [0, 0.05) is 55.6 Å². The Balaban J connectivity index is -0.000000105. The van der Waals surface area contributed by atoms with Crippen molar-refractivity contribution >= 4 is 24.6 Å². The number of carbonyl (C=O) groups is 4. The molecule has 33 heavy (non-hydrogen) atoms. The summed E-state index contributed by atoms with van der Waals surface area (Å²) < 4.78 is 16.4. The predicted octanol–water partition coefficient (Wildman–Crippen LogP) is 0.586. The van der Waals surface area contributed by atoms with E-state index < -0.39 is 24.6 Å². The van der Waals surface area contributed by atoms with Crippen LogP contribution in [0, 0.1) is 29.2 Å². The van der Waals surface area contributed by atoms with Gasteiger partial charge in [0.1, 0.15) is 0 Å². The fraction of sp³-hybridized carbons (Fsp3) is 0.800. The third kappa shape index (κ3) is 72.6. The molecule has 0 heterocycles. The van der Waals surface area contributed by atoms with Gasteiger partial charge >= 0.3 is 0 Å². The van der Waals surface area contributed by atoms with Crippen molar-refractivity contribution in [1.82, 2.24) is 0 Å². The van der Waals surface area contributed by atoms with Gasteiger partial charge in [-0.15, -0.1) is 0 Å². The van der Waals surface area contributed by atoms with E-state index in [-0.39, 0.29) is 55.6 Å². The molecule has 0 aliphatic rings. The average Bonchev–Trinajstić information content (AvgIpc) is 2.69. The first-order chi connectivity index (χ1) is 15.1. The molecule has 0 rings (SSSR count). The molecule has 0 spiro atoms. The van der Waals surface area contributed by atoms with E-state index >= 15 is 0 Å². The van der Waals surface area contributed by atoms with Crippen LogP contribution >= 0.6 is 0 Å². The molecule has 0 aromatic carbocycles. The van der Waals surface area contributed by atoms with Crippen LogP contribution in [0.3, 0.4) is 0 Å². The summed E-state index contributed by atoms with van der Waals surface area (Å²) in [5.74, 6) is 0. The van der Waals surface area contributed by atoms with Crippen LogP contribution in [0.2, 0.25) is 0 Å². The minimum atomic E-state index is -1.43. The van der Waals surface area contributed by atoms with Gasteiger partial charge in [-0.3, -0.25) is 0 Å². The van der Waals surface area contributed by atoms with Crippen LogP contribution in [0.4, 0.5) is 19.2 Å². The van der Waals surface area contributed by atoms with E-state index in [1.807, 2.05) is 27.7 Å². The van der Waals surface area contributed by atoms with E-state index in [0.29, 0.717) is 0 Å². The fourth-order valence-corrected chi connectivity index (χ4v) is 1.20. The summed E-state index contributed by atoms with van der Waals surface area (Å²) in [7, 11) is 0. The molecule has 0 N–H and O–H groups in total. The largest absolute Gasteiger partial charge is 0.550 e. The first kappa shape index (κ1) is 41.3. The summed E-state index contributed by atoms with van der Waals surface area (Å²) in [6.07, 6.45) is 1.11. The molecule has 0 fully saturated rings. The Labute approximate surface area is 217 Å². The average molecular weight is 712 g/mol. The first-order valence-electron chi connectivity index (χ1n) is 10.4. The van der Waals surface area contributed by atoms with Gasteiger partial charge in [0.2, 0.25) is 0 Å².